The molecule has 5 heterocycles. The minimum Gasteiger partial charge on any atom is -0.454 e. The number of fused-ring (bicyclic) bond motifs is 2. The van der Waals surface area contributed by atoms with E-state index in [1.54, 1.807) is 36.0 Å². The number of primary amides is 1. The fraction of sp³-hybridized carbons (Fsp3) is 0.192. The van der Waals surface area contributed by atoms with Gasteiger partial charge in [-0.2, -0.15) is 10.2 Å². The first-order valence-corrected chi connectivity index (χ1v) is 12.9. The van der Waals surface area contributed by atoms with Crippen molar-refractivity contribution in [2.24, 2.45) is 5.73 Å². The van der Waals surface area contributed by atoms with E-state index in [9.17, 15) is 18.4 Å². The lowest BCUT2D eigenvalue weighted by molar-refractivity contribution is 0.100. The lowest BCUT2D eigenvalue weighted by Gasteiger charge is -2.10. The molecule has 14 heteroatoms. The molecule has 0 aliphatic carbocycles. The molecule has 40 heavy (non-hydrogen) atoms. The number of H-pyrrole nitrogens is 1. The maximum atomic E-state index is 13.8. The van der Waals surface area contributed by atoms with Crippen molar-refractivity contribution in [3.63, 3.8) is 0 Å². The molecule has 4 N–H and O–H groups in total. The van der Waals surface area contributed by atoms with Crippen molar-refractivity contribution < 1.29 is 27.8 Å². The number of aromatic nitrogens is 5. The minimum atomic E-state index is -2.86. The average molecular weight is 566 g/mol. The number of anilines is 1. The first-order chi connectivity index (χ1) is 19.2. The number of pyridine rings is 1. The van der Waals surface area contributed by atoms with Crippen molar-refractivity contribution in [1.29, 1.82) is 0 Å². The van der Waals surface area contributed by atoms with E-state index in [1.807, 2.05) is 6.92 Å². The molecule has 0 saturated carbocycles. The van der Waals surface area contributed by atoms with Gasteiger partial charge in [-0.3, -0.25) is 19.4 Å². The van der Waals surface area contributed by atoms with Crippen LogP contribution >= 0.6 is 11.3 Å². The first-order valence-electron chi connectivity index (χ1n) is 12.1. The number of aromatic amines is 1. The number of rotatable bonds is 7. The van der Waals surface area contributed by atoms with Gasteiger partial charge in [0.05, 0.1) is 17.1 Å². The van der Waals surface area contributed by atoms with E-state index >= 15 is 0 Å². The van der Waals surface area contributed by atoms with Gasteiger partial charge in [0.25, 0.3) is 18.2 Å². The lowest BCUT2D eigenvalue weighted by Crippen LogP contribution is -2.17. The molecular weight excluding hydrogens is 544 g/mol. The number of nitrogens with one attached hydrogen (secondary N) is 2. The molecule has 0 unspecified atom stereocenters. The Balaban J connectivity index is 1.43. The van der Waals surface area contributed by atoms with Crippen LogP contribution in [0.2, 0.25) is 0 Å². The highest BCUT2D eigenvalue weighted by Crippen LogP contribution is 2.43. The third kappa shape index (κ3) is 4.31. The normalized spacial score (nSPS) is 12.4. The number of benzene rings is 1. The summed E-state index contributed by atoms with van der Waals surface area (Å²) in [5, 5.41) is 14.4. The molecule has 6 rings (SSSR count). The predicted octanol–water partition coefficient (Wildman–Crippen LogP) is 4.90. The van der Waals surface area contributed by atoms with Gasteiger partial charge in [-0.1, -0.05) is 0 Å². The molecule has 0 fully saturated rings. The molecule has 1 aliphatic rings. The van der Waals surface area contributed by atoms with Gasteiger partial charge in [-0.25, -0.2) is 13.8 Å². The fourth-order valence-electron chi connectivity index (χ4n) is 4.50. The zero-order valence-electron chi connectivity index (χ0n) is 21.1. The van der Waals surface area contributed by atoms with Gasteiger partial charge in [-0.05, 0) is 49.7 Å². The standard InChI is InChI=1S/C26H21F2N7O4S/c1-3-35-9-14(11(2)34-35)13-7-16(23(27)28)30-26-20(13)21(22(40-26)24(29)36)31-25(37)17-8-15(32-33-17)12-4-5-18-19(6-12)39-10-38-18/h4-9,23H,3,10H2,1-2H3,(H2,29,36)(H,31,37)(H,32,33). The summed E-state index contributed by atoms with van der Waals surface area (Å²) in [6.07, 6.45) is -1.14. The summed E-state index contributed by atoms with van der Waals surface area (Å²) in [4.78, 5) is 30.0. The second-order valence-corrected chi connectivity index (χ2v) is 9.92. The van der Waals surface area contributed by atoms with Crippen LogP contribution in [0.1, 0.15) is 44.9 Å². The Bertz CT molecular complexity index is 1810. The highest BCUT2D eigenvalue weighted by atomic mass is 32.1. The topological polar surface area (TPSA) is 150 Å². The Hall–Kier alpha value is -4.85. The highest BCUT2D eigenvalue weighted by molar-refractivity contribution is 7.21. The summed E-state index contributed by atoms with van der Waals surface area (Å²) < 4.78 is 40.0. The quantitative estimate of drug-likeness (QED) is 0.254. The molecule has 1 aromatic carbocycles. The second kappa shape index (κ2) is 9.72. The number of alkyl halides is 2. The van der Waals surface area contributed by atoms with Crippen LogP contribution in [0.4, 0.5) is 14.5 Å². The number of aryl methyl sites for hydroxylation is 2. The van der Waals surface area contributed by atoms with Crippen LogP contribution in [0.3, 0.4) is 0 Å². The molecule has 0 bridgehead atoms. The third-order valence-corrected chi connectivity index (χ3v) is 7.52. The van der Waals surface area contributed by atoms with Crippen LogP contribution < -0.4 is 20.5 Å². The molecule has 0 spiro atoms. The molecule has 1 aliphatic heterocycles. The Morgan fingerprint density at radius 2 is 2.00 bits per heavy atom. The highest BCUT2D eigenvalue weighted by Gasteiger charge is 2.27. The van der Waals surface area contributed by atoms with Crippen molar-refractivity contribution in [3.05, 3.63) is 58.5 Å². The van der Waals surface area contributed by atoms with Crippen molar-refractivity contribution >= 4 is 39.1 Å². The maximum Gasteiger partial charge on any atom is 0.280 e. The van der Waals surface area contributed by atoms with Gasteiger partial charge in [-0.15, -0.1) is 11.3 Å². The average Bonchev–Trinajstić information content (AvgIpc) is 3.72. The maximum absolute atomic E-state index is 13.8. The number of thiophene rings is 1. The van der Waals surface area contributed by atoms with Crippen LogP contribution in [-0.2, 0) is 6.54 Å². The number of amides is 2. The lowest BCUT2D eigenvalue weighted by atomic mass is 10.0. The van der Waals surface area contributed by atoms with Crippen molar-refractivity contribution in [3.8, 4) is 33.9 Å². The Kier molecular flexibility index (Phi) is 6.18. The molecule has 204 valence electrons. The Labute approximate surface area is 228 Å². The number of hydrogen-bond acceptors (Lipinski definition) is 8. The van der Waals surface area contributed by atoms with Gasteiger partial charge in [0.1, 0.15) is 21.1 Å². The van der Waals surface area contributed by atoms with Crippen molar-refractivity contribution in [1.82, 2.24) is 25.0 Å². The van der Waals surface area contributed by atoms with E-state index in [1.165, 1.54) is 12.1 Å². The number of carbonyl (C=O) groups excluding carboxylic acids is 2. The van der Waals surface area contributed by atoms with Crippen molar-refractivity contribution in [2.45, 2.75) is 26.8 Å². The number of hydrogen-bond donors (Lipinski definition) is 3. The van der Waals surface area contributed by atoms with E-state index in [2.05, 4.69) is 25.6 Å². The summed E-state index contributed by atoms with van der Waals surface area (Å²) in [5.74, 6) is -0.284. The number of nitrogens with zero attached hydrogens (tertiary/aromatic N) is 4. The van der Waals surface area contributed by atoms with E-state index in [0.29, 0.717) is 51.5 Å². The van der Waals surface area contributed by atoms with Crippen LogP contribution in [0.25, 0.3) is 32.6 Å². The van der Waals surface area contributed by atoms with E-state index in [0.717, 1.165) is 11.3 Å². The van der Waals surface area contributed by atoms with Gasteiger partial charge in [0, 0.05) is 29.3 Å². The molecule has 0 atom stereocenters. The number of carbonyl (C=O) groups is 2. The molecule has 5 aromatic rings. The zero-order valence-corrected chi connectivity index (χ0v) is 21.9. The Morgan fingerprint density at radius 1 is 1.20 bits per heavy atom. The summed E-state index contributed by atoms with van der Waals surface area (Å²) in [5.41, 5.74) is 8.00. The zero-order chi connectivity index (χ0) is 28.1. The summed E-state index contributed by atoms with van der Waals surface area (Å²) >= 11 is 0.829. The minimum absolute atomic E-state index is 0.0282. The summed E-state index contributed by atoms with van der Waals surface area (Å²) in [6.45, 7) is 4.32. The molecule has 11 nitrogen and oxygen atoms in total. The Morgan fingerprint density at radius 3 is 2.73 bits per heavy atom. The van der Waals surface area contributed by atoms with Crippen LogP contribution in [0.15, 0.2) is 36.5 Å². The van der Waals surface area contributed by atoms with E-state index < -0.39 is 23.9 Å². The molecule has 0 saturated heterocycles. The number of halogens is 2. The van der Waals surface area contributed by atoms with Crippen LogP contribution in [0, 0.1) is 6.92 Å². The van der Waals surface area contributed by atoms with Crippen LogP contribution in [-0.4, -0.2) is 43.6 Å². The van der Waals surface area contributed by atoms with Crippen LogP contribution in [0.5, 0.6) is 11.5 Å². The molecule has 2 amide bonds. The number of ether oxygens (including phenoxy) is 2. The fourth-order valence-corrected chi connectivity index (χ4v) is 5.52. The van der Waals surface area contributed by atoms with Gasteiger partial charge >= 0.3 is 0 Å². The summed E-state index contributed by atoms with van der Waals surface area (Å²) in [6, 6.07) is 8.05. The largest absolute Gasteiger partial charge is 0.454 e. The third-order valence-electron chi connectivity index (χ3n) is 6.42. The second-order valence-electron chi connectivity index (χ2n) is 8.92. The van der Waals surface area contributed by atoms with Gasteiger partial charge in [0.2, 0.25) is 6.79 Å². The SMILES string of the molecule is CCn1cc(-c2cc(C(F)F)nc3sc(C(N)=O)c(NC(=O)c4cc(-c5ccc6c(c5)OCO6)n[nH]4)c23)c(C)n1. The molecule has 4 aromatic heterocycles. The first kappa shape index (κ1) is 25.4. The van der Waals surface area contributed by atoms with E-state index in [4.69, 9.17) is 15.2 Å². The summed E-state index contributed by atoms with van der Waals surface area (Å²) in [7, 11) is 0. The molecule has 0 radical (unpaired) electrons. The monoisotopic (exact) mass is 565 g/mol. The predicted molar refractivity (Wildman–Crippen MR) is 143 cm³/mol. The van der Waals surface area contributed by atoms with Crippen molar-refractivity contribution in [2.75, 3.05) is 12.1 Å². The smallest absolute Gasteiger partial charge is 0.280 e. The molecular formula is C26H21F2N7O4S. The number of nitrogens with two attached hydrogens (primary N) is 1. The van der Waals surface area contributed by atoms with Gasteiger partial charge < -0.3 is 20.5 Å². The van der Waals surface area contributed by atoms with E-state index in [-0.39, 0.29) is 27.9 Å². The van der Waals surface area contributed by atoms with Gasteiger partial charge in [0.15, 0.2) is 11.5 Å².